The van der Waals surface area contributed by atoms with Gasteiger partial charge in [-0.05, 0) is 24.7 Å². The molecule has 0 N–H and O–H groups in total. The highest BCUT2D eigenvalue weighted by Crippen LogP contribution is 2.78. The first kappa shape index (κ1) is 12.8. The molecule has 3 saturated carbocycles. The normalized spacial score (nSPS) is 33.8. The molecule has 4 rings (SSSR count). The molecule has 8 heteroatoms. The van der Waals surface area contributed by atoms with Gasteiger partial charge in [0.1, 0.15) is 0 Å². The lowest BCUT2D eigenvalue weighted by Gasteiger charge is -2.70. The molecule has 0 radical (unpaired) electrons. The zero-order valence-electron chi connectivity index (χ0n) is 9.65. The Morgan fingerprint density at radius 1 is 1.11 bits per heavy atom. The predicted octanol–water partition coefficient (Wildman–Crippen LogP) is 3.63. The number of hydrogen-bond donors (Lipinski definition) is 0. The van der Waals surface area contributed by atoms with Crippen LogP contribution in [-0.4, -0.2) is 16.0 Å². The van der Waals surface area contributed by atoms with E-state index in [1.54, 1.807) is 0 Å². The summed E-state index contributed by atoms with van der Waals surface area (Å²) in [6.07, 6.45) is -7.10. The SMILES string of the molecule is FC(F)(F)c1cnn(CC23CC(C(F)(F)F)(C2)C3)c1. The summed E-state index contributed by atoms with van der Waals surface area (Å²) in [6.45, 7) is 0.126. The zero-order chi connectivity index (χ0) is 14.1. The third-order valence-electron chi connectivity index (χ3n) is 4.20. The van der Waals surface area contributed by atoms with Crippen LogP contribution in [-0.2, 0) is 12.7 Å². The number of halogens is 6. The highest BCUT2D eigenvalue weighted by Gasteiger charge is 2.78. The van der Waals surface area contributed by atoms with Crippen molar-refractivity contribution in [2.75, 3.05) is 0 Å². The monoisotopic (exact) mass is 284 g/mol. The van der Waals surface area contributed by atoms with Crippen molar-refractivity contribution < 1.29 is 26.3 Å². The molecule has 3 aliphatic carbocycles. The Morgan fingerprint density at radius 3 is 2.11 bits per heavy atom. The van der Waals surface area contributed by atoms with E-state index < -0.39 is 28.7 Å². The van der Waals surface area contributed by atoms with Gasteiger partial charge in [0.25, 0.3) is 0 Å². The third kappa shape index (κ3) is 1.75. The summed E-state index contributed by atoms with van der Waals surface area (Å²) in [5.41, 5.74) is -2.96. The molecule has 0 spiro atoms. The Hall–Kier alpha value is -1.21. The Kier molecular flexibility index (Phi) is 2.20. The van der Waals surface area contributed by atoms with E-state index in [-0.39, 0.29) is 25.8 Å². The lowest BCUT2D eigenvalue weighted by Crippen LogP contribution is -2.69. The van der Waals surface area contributed by atoms with E-state index in [1.807, 2.05) is 0 Å². The Labute approximate surface area is 104 Å². The average Bonchev–Trinajstić information content (AvgIpc) is 2.53. The largest absolute Gasteiger partial charge is 0.419 e. The number of aromatic nitrogens is 2. The first-order chi connectivity index (χ1) is 8.55. The molecule has 0 aromatic carbocycles. The highest BCUT2D eigenvalue weighted by atomic mass is 19.4. The van der Waals surface area contributed by atoms with Crippen LogP contribution in [0.25, 0.3) is 0 Å². The maximum Gasteiger partial charge on any atom is 0.419 e. The minimum atomic E-state index is -4.47. The molecule has 2 bridgehead atoms. The Morgan fingerprint density at radius 2 is 1.68 bits per heavy atom. The van der Waals surface area contributed by atoms with Crippen molar-refractivity contribution in [1.82, 2.24) is 9.78 Å². The second-order valence-electron chi connectivity index (χ2n) is 5.73. The van der Waals surface area contributed by atoms with Gasteiger partial charge in [0.2, 0.25) is 0 Å². The molecule has 106 valence electrons. The van der Waals surface area contributed by atoms with E-state index in [1.165, 1.54) is 0 Å². The quantitative estimate of drug-likeness (QED) is 0.758. The van der Waals surface area contributed by atoms with Crippen LogP contribution in [0.5, 0.6) is 0 Å². The fourth-order valence-electron chi connectivity index (χ4n) is 3.41. The lowest BCUT2D eigenvalue weighted by atomic mass is 9.35. The predicted molar refractivity (Wildman–Crippen MR) is 52.0 cm³/mol. The van der Waals surface area contributed by atoms with Gasteiger partial charge in [-0.15, -0.1) is 0 Å². The minimum Gasteiger partial charge on any atom is -0.272 e. The molecule has 3 aliphatic rings. The molecule has 0 atom stereocenters. The van der Waals surface area contributed by atoms with Gasteiger partial charge in [0.05, 0.1) is 17.2 Å². The van der Waals surface area contributed by atoms with E-state index in [0.717, 1.165) is 10.9 Å². The van der Waals surface area contributed by atoms with Gasteiger partial charge in [0.15, 0.2) is 0 Å². The zero-order valence-corrected chi connectivity index (χ0v) is 9.65. The van der Waals surface area contributed by atoms with E-state index in [9.17, 15) is 26.3 Å². The van der Waals surface area contributed by atoms with Crippen molar-refractivity contribution in [3.05, 3.63) is 18.0 Å². The van der Waals surface area contributed by atoms with Crippen LogP contribution in [0.2, 0.25) is 0 Å². The summed E-state index contributed by atoms with van der Waals surface area (Å²) in [5, 5.41) is 3.57. The molecule has 19 heavy (non-hydrogen) atoms. The number of nitrogens with zero attached hydrogens (tertiary/aromatic N) is 2. The summed E-state index contributed by atoms with van der Waals surface area (Å²) in [7, 11) is 0. The van der Waals surface area contributed by atoms with E-state index in [4.69, 9.17) is 0 Å². The lowest BCUT2D eigenvalue weighted by molar-refractivity contribution is -0.366. The molecule has 2 nitrogen and oxygen atoms in total. The molecule has 0 saturated heterocycles. The molecule has 1 aromatic rings. The van der Waals surface area contributed by atoms with Crippen LogP contribution in [0.15, 0.2) is 12.4 Å². The number of rotatable bonds is 2. The summed E-state index contributed by atoms with van der Waals surface area (Å²) in [6, 6.07) is 0. The highest BCUT2D eigenvalue weighted by molar-refractivity contribution is 5.20. The van der Waals surface area contributed by atoms with Gasteiger partial charge < -0.3 is 0 Å². The molecule has 0 aliphatic heterocycles. The van der Waals surface area contributed by atoms with Crippen molar-refractivity contribution in [1.29, 1.82) is 0 Å². The van der Waals surface area contributed by atoms with Gasteiger partial charge in [-0.3, -0.25) is 4.68 Å². The summed E-state index contributed by atoms with van der Waals surface area (Å²) in [5.74, 6) is 0. The molecule has 0 unspecified atom stereocenters. The van der Waals surface area contributed by atoms with Crippen molar-refractivity contribution in [3.8, 4) is 0 Å². The van der Waals surface area contributed by atoms with Gasteiger partial charge in [-0.25, -0.2) is 0 Å². The Balaban J connectivity index is 1.66. The van der Waals surface area contributed by atoms with E-state index >= 15 is 0 Å². The second-order valence-corrected chi connectivity index (χ2v) is 5.73. The topological polar surface area (TPSA) is 17.8 Å². The van der Waals surface area contributed by atoms with Crippen LogP contribution in [0.3, 0.4) is 0 Å². The van der Waals surface area contributed by atoms with E-state index in [2.05, 4.69) is 5.10 Å². The van der Waals surface area contributed by atoms with E-state index in [0.29, 0.717) is 6.20 Å². The molecule has 3 fully saturated rings. The van der Waals surface area contributed by atoms with Crippen LogP contribution in [0.1, 0.15) is 24.8 Å². The van der Waals surface area contributed by atoms with Gasteiger partial charge in [-0.1, -0.05) is 0 Å². The van der Waals surface area contributed by atoms with Gasteiger partial charge in [-0.2, -0.15) is 31.4 Å². The second kappa shape index (κ2) is 3.27. The molecular weight excluding hydrogens is 274 g/mol. The van der Waals surface area contributed by atoms with Crippen LogP contribution >= 0.6 is 0 Å². The number of hydrogen-bond acceptors (Lipinski definition) is 1. The third-order valence-corrected chi connectivity index (χ3v) is 4.20. The fraction of sp³-hybridized carbons (Fsp3) is 0.727. The standard InChI is InChI=1S/C11H10F6N2/c12-10(13,14)7-1-18-19(2-7)6-8-3-9(4-8,5-8)11(15,16)17/h1-2H,3-6H2. The maximum atomic E-state index is 12.6. The first-order valence-corrected chi connectivity index (χ1v) is 5.72. The van der Waals surface area contributed by atoms with Crippen molar-refractivity contribution in [2.24, 2.45) is 10.8 Å². The van der Waals surface area contributed by atoms with Gasteiger partial charge >= 0.3 is 12.4 Å². The number of alkyl halides is 6. The summed E-state index contributed by atoms with van der Waals surface area (Å²) < 4.78 is 76.0. The fourth-order valence-corrected chi connectivity index (χ4v) is 3.41. The van der Waals surface area contributed by atoms with Crippen molar-refractivity contribution in [2.45, 2.75) is 38.2 Å². The molecule has 0 amide bonds. The van der Waals surface area contributed by atoms with Crippen LogP contribution in [0.4, 0.5) is 26.3 Å². The Bertz CT molecular complexity index is 492. The summed E-state index contributed by atoms with van der Waals surface area (Å²) in [4.78, 5) is 0. The minimum absolute atomic E-state index is 0.00467. The van der Waals surface area contributed by atoms with Crippen molar-refractivity contribution >= 4 is 0 Å². The molecular formula is C11H10F6N2. The summed E-state index contributed by atoms with van der Waals surface area (Å²) >= 11 is 0. The first-order valence-electron chi connectivity index (χ1n) is 5.72. The smallest absolute Gasteiger partial charge is 0.272 e. The average molecular weight is 284 g/mol. The van der Waals surface area contributed by atoms with Gasteiger partial charge in [0, 0.05) is 12.7 Å². The molecule has 1 heterocycles. The van der Waals surface area contributed by atoms with Crippen molar-refractivity contribution in [3.63, 3.8) is 0 Å². The van der Waals surface area contributed by atoms with Crippen LogP contribution < -0.4 is 0 Å². The van der Waals surface area contributed by atoms with Crippen LogP contribution in [0, 0.1) is 10.8 Å². The maximum absolute atomic E-state index is 12.6. The molecule has 1 aromatic heterocycles.